The molecule has 1 unspecified atom stereocenters. The number of nitrogens with one attached hydrogen (secondary N) is 2. The molecule has 1 atom stereocenters. The minimum Gasteiger partial charge on any atom is -0.352 e. The highest BCUT2D eigenvalue weighted by Gasteiger charge is 2.14. The van der Waals surface area contributed by atoms with Gasteiger partial charge in [-0.05, 0) is 72.6 Å². The van der Waals surface area contributed by atoms with E-state index in [4.69, 9.17) is 0 Å². The van der Waals surface area contributed by atoms with Crippen molar-refractivity contribution >= 4 is 28.5 Å². The first kappa shape index (κ1) is 12.8. The van der Waals surface area contributed by atoms with Crippen LogP contribution in [0.2, 0.25) is 0 Å². The number of amides is 1. The van der Waals surface area contributed by atoms with Crippen molar-refractivity contribution in [2.45, 2.75) is 12.8 Å². The molecule has 3 nitrogen and oxygen atoms in total. The third-order valence-corrected chi connectivity index (χ3v) is 3.76. The number of hydrogen-bond acceptors (Lipinski definition) is 2. The van der Waals surface area contributed by atoms with Gasteiger partial charge in [-0.2, -0.15) is 0 Å². The lowest BCUT2D eigenvalue weighted by atomic mass is 10.1. The van der Waals surface area contributed by atoms with Crippen LogP contribution in [0.5, 0.6) is 0 Å². The molecule has 1 saturated heterocycles. The van der Waals surface area contributed by atoms with Crippen LogP contribution in [0.3, 0.4) is 0 Å². The molecule has 0 spiro atoms. The molecule has 0 saturated carbocycles. The highest BCUT2D eigenvalue weighted by Crippen LogP contribution is 2.11. The second kappa shape index (κ2) is 6.35. The van der Waals surface area contributed by atoms with Crippen molar-refractivity contribution in [3.8, 4) is 0 Å². The summed E-state index contributed by atoms with van der Waals surface area (Å²) in [5, 5.41) is 6.32. The maximum Gasteiger partial charge on any atom is 0.251 e. The lowest BCUT2D eigenvalue weighted by Crippen LogP contribution is -2.26. The van der Waals surface area contributed by atoms with Gasteiger partial charge in [0, 0.05) is 15.7 Å². The van der Waals surface area contributed by atoms with Gasteiger partial charge in [0.15, 0.2) is 0 Å². The Morgan fingerprint density at radius 1 is 1.53 bits per heavy atom. The topological polar surface area (TPSA) is 41.1 Å². The van der Waals surface area contributed by atoms with Crippen LogP contribution in [0.4, 0.5) is 0 Å². The molecular formula is C13H17IN2O. The molecule has 0 bridgehead atoms. The van der Waals surface area contributed by atoms with E-state index in [2.05, 4.69) is 33.2 Å². The summed E-state index contributed by atoms with van der Waals surface area (Å²) in [6.45, 7) is 2.99. The predicted octanol–water partition coefficient (Wildman–Crippen LogP) is 2.02. The van der Waals surface area contributed by atoms with E-state index in [1.807, 2.05) is 24.3 Å². The quantitative estimate of drug-likeness (QED) is 0.821. The van der Waals surface area contributed by atoms with Crippen LogP contribution in [0.15, 0.2) is 24.3 Å². The SMILES string of the molecule is O=C(NCCC1CCNC1)c1cccc(I)c1. The van der Waals surface area contributed by atoms with E-state index in [9.17, 15) is 4.79 Å². The fourth-order valence-electron chi connectivity index (χ4n) is 2.08. The van der Waals surface area contributed by atoms with Crippen molar-refractivity contribution in [3.63, 3.8) is 0 Å². The summed E-state index contributed by atoms with van der Waals surface area (Å²) in [7, 11) is 0. The smallest absolute Gasteiger partial charge is 0.251 e. The Hall–Kier alpha value is -0.620. The Morgan fingerprint density at radius 3 is 3.12 bits per heavy atom. The third-order valence-electron chi connectivity index (χ3n) is 3.09. The van der Waals surface area contributed by atoms with Gasteiger partial charge in [-0.25, -0.2) is 0 Å². The first-order valence-electron chi connectivity index (χ1n) is 6.00. The number of rotatable bonds is 4. The van der Waals surface area contributed by atoms with Crippen LogP contribution in [0, 0.1) is 9.49 Å². The molecule has 2 N–H and O–H groups in total. The number of carbonyl (C=O) groups is 1. The molecule has 1 aromatic rings. The van der Waals surface area contributed by atoms with E-state index >= 15 is 0 Å². The summed E-state index contributed by atoms with van der Waals surface area (Å²) in [6, 6.07) is 7.67. The Morgan fingerprint density at radius 2 is 2.41 bits per heavy atom. The fourth-order valence-corrected chi connectivity index (χ4v) is 2.63. The minimum absolute atomic E-state index is 0.0365. The average Bonchev–Trinajstić information content (AvgIpc) is 2.82. The third kappa shape index (κ3) is 3.96. The number of benzene rings is 1. The van der Waals surface area contributed by atoms with Gasteiger partial charge in [-0.15, -0.1) is 0 Å². The summed E-state index contributed by atoms with van der Waals surface area (Å²) in [4.78, 5) is 11.8. The van der Waals surface area contributed by atoms with Gasteiger partial charge >= 0.3 is 0 Å². The van der Waals surface area contributed by atoms with Gasteiger partial charge in [0.05, 0.1) is 0 Å². The monoisotopic (exact) mass is 344 g/mol. The Kier molecular flexibility index (Phi) is 4.79. The maximum atomic E-state index is 11.8. The average molecular weight is 344 g/mol. The molecule has 2 rings (SSSR count). The molecule has 92 valence electrons. The molecule has 0 aromatic heterocycles. The first-order valence-corrected chi connectivity index (χ1v) is 7.08. The van der Waals surface area contributed by atoms with E-state index < -0.39 is 0 Å². The lowest BCUT2D eigenvalue weighted by Gasteiger charge is -2.09. The van der Waals surface area contributed by atoms with Crippen molar-refractivity contribution in [2.75, 3.05) is 19.6 Å². The van der Waals surface area contributed by atoms with E-state index in [1.54, 1.807) is 0 Å². The Labute approximate surface area is 116 Å². The maximum absolute atomic E-state index is 11.8. The van der Waals surface area contributed by atoms with Crippen molar-refractivity contribution in [2.24, 2.45) is 5.92 Å². The zero-order valence-corrected chi connectivity index (χ0v) is 11.9. The van der Waals surface area contributed by atoms with E-state index in [0.717, 1.165) is 41.1 Å². The van der Waals surface area contributed by atoms with E-state index in [-0.39, 0.29) is 5.91 Å². The molecule has 4 heteroatoms. The Bertz CT molecular complexity index is 389. The summed E-state index contributed by atoms with van der Waals surface area (Å²) < 4.78 is 1.09. The fraction of sp³-hybridized carbons (Fsp3) is 0.462. The predicted molar refractivity (Wildman–Crippen MR) is 77.1 cm³/mol. The summed E-state index contributed by atoms with van der Waals surface area (Å²) in [5.74, 6) is 0.765. The van der Waals surface area contributed by atoms with Gasteiger partial charge in [0.25, 0.3) is 5.91 Å². The van der Waals surface area contributed by atoms with Crippen LogP contribution in [-0.4, -0.2) is 25.5 Å². The van der Waals surface area contributed by atoms with Gasteiger partial charge in [0.2, 0.25) is 0 Å². The van der Waals surface area contributed by atoms with Gasteiger partial charge in [-0.1, -0.05) is 6.07 Å². The molecule has 1 aromatic carbocycles. The van der Waals surface area contributed by atoms with E-state index in [1.165, 1.54) is 6.42 Å². The second-order valence-corrected chi connectivity index (χ2v) is 5.66. The molecule has 1 aliphatic heterocycles. The number of hydrogen-bond donors (Lipinski definition) is 2. The molecule has 0 aliphatic carbocycles. The Balaban J connectivity index is 1.77. The highest BCUT2D eigenvalue weighted by atomic mass is 127. The van der Waals surface area contributed by atoms with Gasteiger partial charge in [-0.3, -0.25) is 4.79 Å². The van der Waals surface area contributed by atoms with Crippen LogP contribution in [-0.2, 0) is 0 Å². The van der Waals surface area contributed by atoms with Crippen LogP contribution < -0.4 is 10.6 Å². The number of halogens is 1. The van der Waals surface area contributed by atoms with Crippen molar-refractivity contribution in [3.05, 3.63) is 33.4 Å². The highest BCUT2D eigenvalue weighted by molar-refractivity contribution is 14.1. The molecule has 1 amide bonds. The van der Waals surface area contributed by atoms with Crippen LogP contribution in [0.25, 0.3) is 0 Å². The molecule has 17 heavy (non-hydrogen) atoms. The first-order chi connectivity index (χ1) is 8.25. The minimum atomic E-state index is 0.0365. The van der Waals surface area contributed by atoms with Crippen molar-refractivity contribution in [1.29, 1.82) is 0 Å². The molecule has 1 fully saturated rings. The van der Waals surface area contributed by atoms with Crippen LogP contribution >= 0.6 is 22.6 Å². The standard InChI is InChI=1S/C13H17IN2O/c14-12-3-1-2-11(8-12)13(17)16-7-5-10-4-6-15-9-10/h1-3,8,10,15H,4-7,9H2,(H,16,17). The summed E-state index contributed by atoms with van der Waals surface area (Å²) in [6.07, 6.45) is 2.31. The molecule has 1 heterocycles. The zero-order valence-electron chi connectivity index (χ0n) is 9.71. The second-order valence-electron chi connectivity index (χ2n) is 4.41. The van der Waals surface area contributed by atoms with Gasteiger partial charge < -0.3 is 10.6 Å². The summed E-state index contributed by atoms with van der Waals surface area (Å²) >= 11 is 2.22. The molecular weight excluding hydrogens is 327 g/mol. The zero-order chi connectivity index (χ0) is 12.1. The van der Waals surface area contributed by atoms with Crippen molar-refractivity contribution in [1.82, 2.24) is 10.6 Å². The van der Waals surface area contributed by atoms with E-state index in [0.29, 0.717) is 0 Å². The number of carbonyl (C=O) groups excluding carboxylic acids is 1. The molecule has 0 radical (unpaired) electrons. The van der Waals surface area contributed by atoms with Crippen LogP contribution in [0.1, 0.15) is 23.2 Å². The summed E-state index contributed by atoms with van der Waals surface area (Å²) in [5.41, 5.74) is 0.751. The normalized spacial score (nSPS) is 19.2. The lowest BCUT2D eigenvalue weighted by molar-refractivity contribution is 0.0951. The van der Waals surface area contributed by atoms with Gasteiger partial charge in [0.1, 0.15) is 0 Å². The largest absolute Gasteiger partial charge is 0.352 e. The molecule has 1 aliphatic rings. The van der Waals surface area contributed by atoms with Crippen molar-refractivity contribution < 1.29 is 4.79 Å².